The normalized spacial score (nSPS) is 29.6. The number of aliphatic hydroxyl groups is 6. The van der Waals surface area contributed by atoms with Crippen LogP contribution in [0.3, 0.4) is 0 Å². The molecular formula is C26H29ClN2O14. The molecule has 2 unspecified atom stereocenters. The maximum absolute atomic E-state index is 13.7. The second-order valence-corrected chi connectivity index (χ2v) is 11.1. The number of carbonyl (C=O) groups excluding carboxylic acids is 3. The van der Waals surface area contributed by atoms with Gasteiger partial charge in [0.15, 0.2) is 23.6 Å². The van der Waals surface area contributed by atoms with Crippen LogP contribution in [0.5, 0.6) is 5.75 Å². The minimum absolute atomic E-state index is 0.0187. The summed E-state index contributed by atoms with van der Waals surface area (Å²) in [7, 11) is 2.97. The highest BCUT2D eigenvalue weighted by Crippen LogP contribution is 2.58. The highest BCUT2D eigenvalue weighted by atomic mass is 35.5. The molecule has 234 valence electrons. The van der Waals surface area contributed by atoms with Gasteiger partial charge in [0.25, 0.3) is 5.91 Å². The van der Waals surface area contributed by atoms with Crippen molar-refractivity contribution in [3.63, 3.8) is 0 Å². The summed E-state index contributed by atoms with van der Waals surface area (Å²) < 4.78 is 0. The molecule has 1 fully saturated rings. The second-order valence-electron chi connectivity index (χ2n) is 10.6. The van der Waals surface area contributed by atoms with Crippen molar-refractivity contribution in [3.8, 4) is 5.75 Å². The third-order valence-corrected chi connectivity index (χ3v) is 8.19. The predicted molar refractivity (Wildman–Crippen MR) is 142 cm³/mol. The Morgan fingerprint density at radius 2 is 1.53 bits per heavy atom. The van der Waals surface area contributed by atoms with Crippen molar-refractivity contribution in [1.82, 2.24) is 4.90 Å². The Morgan fingerprint density at radius 1 is 1.02 bits per heavy atom. The lowest BCUT2D eigenvalue weighted by Crippen LogP contribution is -2.67. The van der Waals surface area contributed by atoms with Crippen LogP contribution in [0.2, 0.25) is 5.02 Å². The molecule has 0 radical (unpaired) electrons. The minimum Gasteiger partial charge on any atom is -0.508 e. The number of carboxylic acids is 2. The number of phenols is 1. The summed E-state index contributed by atoms with van der Waals surface area (Å²) in [6.45, 7) is 1.34. The van der Waals surface area contributed by atoms with Crippen LogP contribution in [0.15, 0.2) is 29.0 Å². The molecule has 0 spiro atoms. The van der Waals surface area contributed by atoms with Crippen LogP contribution in [0.1, 0.15) is 24.5 Å². The SMILES string of the molecule is CN(C)[C@@H]1C(=O)C(C(N)=O)=C(O)[C@@]2(O)C(=O)C3=C(O)c4c(O)ccc(Cl)c4[C@@](C)(O)[C@H]3C[C@@H]12.O=C(O)C(O)C(O)C(=O)O. The molecule has 1 amide bonds. The molecule has 1 aromatic carbocycles. The summed E-state index contributed by atoms with van der Waals surface area (Å²) in [5.74, 6) is -11.8. The summed E-state index contributed by atoms with van der Waals surface area (Å²) in [5, 5.41) is 87.7. The van der Waals surface area contributed by atoms with Crippen LogP contribution in [-0.4, -0.2) is 118 Å². The Kier molecular flexibility index (Phi) is 8.72. The smallest absolute Gasteiger partial charge is 0.335 e. The number of likely N-dealkylation sites (N-methyl/N-ethyl adjacent to an activating group) is 1. The highest BCUT2D eigenvalue weighted by molar-refractivity contribution is 6.32. The summed E-state index contributed by atoms with van der Waals surface area (Å²) in [6.07, 6.45) is -4.79. The summed E-state index contributed by atoms with van der Waals surface area (Å²) in [4.78, 5) is 59.6. The van der Waals surface area contributed by atoms with E-state index in [0.717, 1.165) is 0 Å². The molecule has 7 atom stereocenters. The van der Waals surface area contributed by atoms with E-state index in [4.69, 9.17) is 37.8 Å². The molecule has 0 saturated heterocycles. The van der Waals surface area contributed by atoms with E-state index in [9.17, 15) is 49.5 Å². The topological polar surface area (TPSA) is 297 Å². The fourth-order valence-electron chi connectivity index (χ4n) is 5.85. The van der Waals surface area contributed by atoms with Crippen molar-refractivity contribution in [2.75, 3.05) is 14.1 Å². The number of nitrogens with zero attached hydrogens (tertiary/aromatic N) is 1. The molecule has 1 aromatic rings. The lowest BCUT2D eigenvalue weighted by atomic mass is 9.54. The van der Waals surface area contributed by atoms with Crippen LogP contribution in [0, 0.1) is 11.8 Å². The molecule has 11 N–H and O–H groups in total. The third kappa shape index (κ3) is 5.01. The van der Waals surface area contributed by atoms with Crippen LogP contribution < -0.4 is 5.73 Å². The summed E-state index contributed by atoms with van der Waals surface area (Å²) >= 11 is 6.28. The van der Waals surface area contributed by atoms with E-state index in [-0.39, 0.29) is 22.6 Å². The predicted octanol–water partition coefficient (Wildman–Crippen LogP) is -1.84. The first-order chi connectivity index (χ1) is 19.6. The molecule has 0 heterocycles. The van der Waals surface area contributed by atoms with Gasteiger partial charge in [-0.2, -0.15) is 0 Å². The van der Waals surface area contributed by atoms with Crippen molar-refractivity contribution in [3.05, 3.63) is 45.2 Å². The number of benzene rings is 1. The molecule has 17 heteroatoms. The molecule has 0 bridgehead atoms. The van der Waals surface area contributed by atoms with Crippen molar-refractivity contribution in [2.45, 2.75) is 42.8 Å². The number of primary amides is 1. The van der Waals surface area contributed by atoms with E-state index in [1.807, 2.05) is 0 Å². The first-order valence-electron chi connectivity index (χ1n) is 12.4. The number of aliphatic carboxylic acids is 2. The number of nitrogens with two attached hydrogens (primary N) is 1. The van der Waals surface area contributed by atoms with Gasteiger partial charge in [0.2, 0.25) is 5.78 Å². The number of phenolic OH excluding ortho intramolecular Hbond substituents is 1. The van der Waals surface area contributed by atoms with Crippen molar-refractivity contribution in [2.24, 2.45) is 17.6 Å². The first-order valence-corrected chi connectivity index (χ1v) is 12.7. The average molecular weight is 629 g/mol. The molecule has 0 aromatic heterocycles. The van der Waals surface area contributed by atoms with Gasteiger partial charge >= 0.3 is 11.9 Å². The van der Waals surface area contributed by atoms with E-state index >= 15 is 0 Å². The third-order valence-electron chi connectivity index (χ3n) is 7.88. The maximum atomic E-state index is 13.7. The van der Waals surface area contributed by atoms with Crippen LogP contribution >= 0.6 is 11.6 Å². The molecule has 1 saturated carbocycles. The number of carboxylic acid groups (broad SMARTS) is 2. The van der Waals surface area contributed by atoms with Crippen molar-refractivity contribution in [1.29, 1.82) is 0 Å². The zero-order chi connectivity index (χ0) is 33.1. The lowest BCUT2D eigenvalue weighted by molar-refractivity contribution is -0.165. The fraction of sp³-hybridized carbons (Fsp3) is 0.423. The van der Waals surface area contributed by atoms with E-state index in [1.165, 1.54) is 38.1 Å². The number of hydrogen-bond acceptors (Lipinski definition) is 13. The van der Waals surface area contributed by atoms with Gasteiger partial charge in [0, 0.05) is 28.0 Å². The number of aliphatic hydroxyl groups excluding tert-OH is 4. The van der Waals surface area contributed by atoms with Gasteiger partial charge in [-0.15, -0.1) is 0 Å². The number of rotatable bonds is 5. The monoisotopic (exact) mass is 628 g/mol. The average Bonchev–Trinajstić information content (AvgIpc) is 2.89. The van der Waals surface area contributed by atoms with Gasteiger partial charge in [-0.3, -0.25) is 19.3 Å². The lowest BCUT2D eigenvalue weighted by Gasteiger charge is -2.53. The Bertz CT molecular complexity index is 1480. The molecule has 4 rings (SSSR count). The molecule has 0 aliphatic heterocycles. The Balaban J connectivity index is 0.000000436. The minimum atomic E-state index is -2.78. The number of halogens is 1. The van der Waals surface area contributed by atoms with E-state index in [2.05, 4.69) is 0 Å². The van der Waals surface area contributed by atoms with Crippen molar-refractivity contribution < 1.29 is 69.9 Å². The van der Waals surface area contributed by atoms with Gasteiger partial charge < -0.3 is 51.7 Å². The molecule has 43 heavy (non-hydrogen) atoms. The van der Waals surface area contributed by atoms with E-state index < -0.39 is 99.1 Å². The highest BCUT2D eigenvalue weighted by Gasteiger charge is 2.66. The van der Waals surface area contributed by atoms with Crippen LogP contribution in [0.25, 0.3) is 5.76 Å². The van der Waals surface area contributed by atoms with Gasteiger partial charge in [-0.25, -0.2) is 9.59 Å². The largest absolute Gasteiger partial charge is 0.508 e. The van der Waals surface area contributed by atoms with Gasteiger partial charge in [0.1, 0.15) is 22.8 Å². The van der Waals surface area contributed by atoms with Crippen LogP contribution in [-0.2, 0) is 29.6 Å². The zero-order valence-corrected chi connectivity index (χ0v) is 23.5. The van der Waals surface area contributed by atoms with Gasteiger partial charge in [0.05, 0.1) is 17.2 Å². The number of amides is 1. The Labute approximate surface area is 247 Å². The van der Waals surface area contributed by atoms with Crippen molar-refractivity contribution >= 4 is 46.8 Å². The maximum Gasteiger partial charge on any atom is 0.335 e. The van der Waals surface area contributed by atoms with E-state index in [0.29, 0.717) is 0 Å². The number of carbonyl (C=O) groups is 5. The standard InChI is InChI=1S/C22H23ClN2O8.C4H6O6/c1-21(32)7-6-8-15(25(2)3)17(28)13(20(24)31)19(30)22(8,33)18(29)11(7)16(27)12-10(26)5-4-9(23)14(12)21;5-1(3(7)8)2(6)4(9)10/h4-5,7-8,15,26-27,30,32-33H,6H2,1-3H3,(H2,24,31);1-2,5-6H,(H,7,8)(H,9,10)/t7-,8-,15-,21-,22-;/m0./s1. The Hall–Kier alpha value is -4.06. The number of ketones is 2. The molecule has 3 aliphatic rings. The summed E-state index contributed by atoms with van der Waals surface area (Å²) in [6, 6.07) is 1.24. The Morgan fingerprint density at radius 3 is 1.98 bits per heavy atom. The zero-order valence-electron chi connectivity index (χ0n) is 22.7. The number of aromatic hydroxyl groups is 1. The quantitative estimate of drug-likeness (QED) is 0.160. The van der Waals surface area contributed by atoms with Gasteiger partial charge in [-0.05, 0) is 39.6 Å². The fourth-order valence-corrected chi connectivity index (χ4v) is 6.20. The molecular weight excluding hydrogens is 600 g/mol. The number of hydrogen-bond donors (Lipinski definition) is 10. The second kappa shape index (κ2) is 11.2. The first kappa shape index (κ1) is 33.4. The molecule has 3 aliphatic carbocycles. The van der Waals surface area contributed by atoms with E-state index in [1.54, 1.807) is 0 Å². The van der Waals surface area contributed by atoms with Gasteiger partial charge in [-0.1, -0.05) is 11.6 Å². The summed E-state index contributed by atoms with van der Waals surface area (Å²) in [5.41, 5.74) is -1.10. The molecule has 16 nitrogen and oxygen atoms in total. The number of Topliss-reactive ketones (excluding diaryl/α,β-unsaturated/α-hetero) is 2. The number of fused-ring (bicyclic) bond motifs is 3. The van der Waals surface area contributed by atoms with Crippen LogP contribution in [0.4, 0.5) is 0 Å².